The van der Waals surface area contributed by atoms with E-state index in [0.717, 1.165) is 37.0 Å². The molecule has 3 aromatic rings. The van der Waals surface area contributed by atoms with Gasteiger partial charge in [0, 0.05) is 5.56 Å². The van der Waals surface area contributed by atoms with Gasteiger partial charge in [-0.05, 0) is 74.2 Å². The highest BCUT2D eigenvalue weighted by Crippen LogP contribution is 2.28. The van der Waals surface area contributed by atoms with Gasteiger partial charge in [0.15, 0.2) is 5.82 Å². The Labute approximate surface area is 169 Å². The summed E-state index contributed by atoms with van der Waals surface area (Å²) in [6, 6.07) is 13.9. The van der Waals surface area contributed by atoms with Crippen molar-refractivity contribution in [1.82, 2.24) is 14.8 Å². The van der Waals surface area contributed by atoms with Crippen molar-refractivity contribution in [3.8, 4) is 28.8 Å². The monoisotopic (exact) mass is 414 g/mol. The molecule has 0 bridgehead atoms. The van der Waals surface area contributed by atoms with Gasteiger partial charge in [-0.15, -0.1) is 5.10 Å². The van der Waals surface area contributed by atoms with E-state index in [1.54, 1.807) is 23.9 Å². The number of hydrogen-bond donors (Lipinski definition) is 1. The number of nitrogens with zero attached hydrogens (tertiary/aromatic N) is 3. The van der Waals surface area contributed by atoms with Gasteiger partial charge in [-0.3, -0.25) is 0 Å². The maximum Gasteiger partial charge on any atom is 0.336 e. The van der Waals surface area contributed by atoms with Gasteiger partial charge < -0.3 is 9.47 Å². The smallest absolute Gasteiger partial charge is 0.336 e. The predicted octanol–water partition coefficient (Wildman–Crippen LogP) is 2.91. The van der Waals surface area contributed by atoms with Gasteiger partial charge in [0.05, 0.1) is 17.7 Å². The molecule has 1 aliphatic carbocycles. The first-order valence-electron chi connectivity index (χ1n) is 9.35. The van der Waals surface area contributed by atoms with E-state index in [1.807, 2.05) is 24.3 Å². The Hall–Kier alpha value is -2.91. The molecule has 9 heteroatoms. The van der Waals surface area contributed by atoms with E-state index in [-0.39, 0.29) is 11.0 Å². The lowest BCUT2D eigenvalue weighted by Gasteiger charge is -2.08. The molecule has 1 fully saturated rings. The summed E-state index contributed by atoms with van der Waals surface area (Å²) in [5, 5.41) is 9.72. The Kier molecular flexibility index (Phi) is 5.25. The van der Waals surface area contributed by atoms with Gasteiger partial charge in [-0.1, -0.05) is 0 Å². The van der Waals surface area contributed by atoms with Crippen LogP contribution >= 0.6 is 0 Å². The largest absolute Gasteiger partial charge is 0.497 e. The highest BCUT2D eigenvalue weighted by molar-refractivity contribution is 7.89. The Morgan fingerprint density at radius 1 is 1.03 bits per heavy atom. The molecular formula is C20H22N4O4S. The third-order valence-corrected chi connectivity index (χ3v) is 5.85. The van der Waals surface area contributed by atoms with Crippen LogP contribution in [0.2, 0.25) is 0 Å². The summed E-state index contributed by atoms with van der Waals surface area (Å²) in [4.78, 5) is 4.63. The van der Waals surface area contributed by atoms with E-state index in [1.165, 1.54) is 12.1 Å². The molecule has 0 atom stereocenters. The Balaban J connectivity index is 1.74. The van der Waals surface area contributed by atoms with Crippen LogP contribution in [0.15, 0.2) is 53.4 Å². The number of rotatable bonds is 6. The Bertz CT molecular complexity index is 1090. The lowest BCUT2D eigenvalue weighted by atomic mass is 10.2. The summed E-state index contributed by atoms with van der Waals surface area (Å²) < 4.78 is 35.9. The van der Waals surface area contributed by atoms with Gasteiger partial charge in [-0.25, -0.2) is 18.2 Å². The second-order valence-corrected chi connectivity index (χ2v) is 8.48. The summed E-state index contributed by atoms with van der Waals surface area (Å²) in [6.07, 6.45) is 4.40. The van der Waals surface area contributed by atoms with Gasteiger partial charge in [0.1, 0.15) is 11.9 Å². The number of sulfonamides is 1. The summed E-state index contributed by atoms with van der Waals surface area (Å²) in [5.74, 6) is 1.32. The molecule has 0 aliphatic heterocycles. The number of aromatic nitrogens is 3. The SMILES string of the molecule is COc1ccc(-c2nc(OC3CCCC3)nn2-c2ccc(S(N)(=O)=O)cc2)cc1. The average molecular weight is 414 g/mol. The van der Waals surface area contributed by atoms with Crippen LogP contribution in [0.1, 0.15) is 25.7 Å². The fraction of sp³-hybridized carbons (Fsp3) is 0.300. The highest BCUT2D eigenvalue weighted by Gasteiger charge is 2.21. The maximum atomic E-state index is 11.5. The van der Waals surface area contributed by atoms with Gasteiger partial charge >= 0.3 is 6.01 Å². The molecule has 29 heavy (non-hydrogen) atoms. The molecule has 152 valence electrons. The van der Waals surface area contributed by atoms with Crippen molar-refractivity contribution in [3.63, 3.8) is 0 Å². The minimum atomic E-state index is -3.77. The molecule has 2 N–H and O–H groups in total. The molecule has 1 heterocycles. The molecule has 0 unspecified atom stereocenters. The van der Waals surface area contributed by atoms with Crippen molar-refractivity contribution in [2.45, 2.75) is 36.7 Å². The lowest BCUT2D eigenvalue weighted by Crippen LogP contribution is -2.12. The number of nitrogens with two attached hydrogens (primary N) is 1. The van der Waals surface area contributed by atoms with Crippen molar-refractivity contribution >= 4 is 10.0 Å². The standard InChI is InChI=1S/C20H22N4O4S/c1-27-16-10-6-14(7-11-16)19-22-20(28-17-4-2-3-5-17)23-24(19)15-8-12-18(13-9-15)29(21,25)26/h6-13,17H,2-5H2,1H3,(H2,21,25,26). The zero-order valence-corrected chi connectivity index (χ0v) is 16.8. The first-order chi connectivity index (χ1) is 13.9. The number of ether oxygens (including phenoxy) is 2. The molecular weight excluding hydrogens is 392 g/mol. The van der Waals surface area contributed by atoms with Crippen LogP contribution in [0.4, 0.5) is 0 Å². The molecule has 1 aliphatic rings. The lowest BCUT2D eigenvalue weighted by molar-refractivity contribution is 0.192. The molecule has 0 saturated heterocycles. The van der Waals surface area contributed by atoms with E-state index < -0.39 is 10.0 Å². The van der Waals surface area contributed by atoms with Crippen LogP contribution in [-0.4, -0.2) is 36.4 Å². The molecule has 0 radical (unpaired) electrons. The van der Waals surface area contributed by atoms with Crippen LogP contribution < -0.4 is 14.6 Å². The molecule has 0 amide bonds. The van der Waals surface area contributed by atoms with Crippen molar-refractivity contribution in [2.75, 3.05) is 7.11 Å². The average Bonchev–Trinajstić information content (AvgIpc) is 3.38. The van der Waals surface area contributed by atoms with Crippen LogP contribution in [0.5, 0.6) is 11.8 Å². The van der Waals surface area contributed by atoms with Crippen LogP contribution in [-0.2, 0) is 10.0 Å². The normalized spacial score (nSPS) is 14.8. The fourth-order valence-electron chi connectivity index (χ4n) is 3.38. The summed E-state index contributed by atoms with van der Waals surface area (Å²) in [5.41, 5.74) is 1.48. The van der Waals surface area contributed by atoms with Crippen LogP contribution in [0, 0.1) is 0 Å². The second-order valence-electron chi connectivity index (χ2n) is 6.92. The van der Waals surface area contributed by atoms with Gasteiger partial charge in [-0.2, -0.15) is 4.98 Å². The van der Waals surface area contributed by atoms with Crippen molar-refractivity contribution in [2.24, 2.45) is 5.14 Å². The molecule has 1 aromatic heterocycles. The maximum absolute atomic E-state index is 11.5. The molecule has 4 rings (SSSR count). The second kappa shape index (κ2) is 7.84. The molecule has 2 aromatic carbocycles. The van der Waals surface area contributed by atoms with Crippen LogP contribution in [0.25, 0.3) is 17.1 Å². The zero-order valence-electron chi connectivity index (χ0n) is 16.0. The topological polar surface area (TPSA) is 109 Å². The summed E-state index contributed by atoms with van der Waals surface area (Å²) in [7, 11) is -2.16. The molecule has 0 spiro atoms. The Morgan fingerprint density at radius 2 is 1.69 bits per heavy atom. The Morgan fingerprint density at radius 3 is 2.28 bits per heavy atom. The van der Waals surface area contributed by atoms with Gasteiger partial charge in [0.2, 0.25) is 10.0 Å². The fourth-order valence-corrected chi connectivity index (χ4v) is 3.90. The third kappa shape index (κ3) is 4.25. The van der Waals surface area contributed by atoms with Crippen LogP contribution in [0.3, 0.4) is 0 Å². The molecule has 1 saturated carbocycles. The zero-order chi connectivity index (χ0) is 20.4. The van der Waals surface area contributed by atoms with E-state index in [4.69, 9.17) is 14.6 Å². The number of primary sulfonamides is 1. The number of benzene rings is 2. The van der Waals surface area contributed by atoms with E-state index in [0.29, 0.717) is 17.5 Å². The minimum Gasteiger partial charge on any atom is -0.497 e. The summed E-state index contributed by atoms with van der Waals surface area (Å²) >= 11 is 0. The van der Waals surface area contributed by atoms with E-state index >= 15 is 0 Å². The first-order valence-corrected chi connectivity index (χ1v) is 10.9. The van der Waals surface area contributed by atoms with Crippen molar-refractivity contribution in [1.29, 1.82) is 0 Å². The summed E-state index contributed by atoms with van der Waals surface area (Å²) in [6.45, 7) is 0. The first kappa shape index (κ1) is 19.4. The van der Waals surface area contributed by atoms with Crippen molar-refractivity contribution < 1.29 is 17.9 Å². The third-order valence-electron chi connectivity index (χ3n) is 4.92. The van der Waals surface area contributed by atoms with Gasteiger partial charge in [0.25, 0.3) is 0 Å². The molecule has 8 nitrogen and oxygen atoms in total. The number of hydrogen-bond acceptors (Lipinski definition) is 6. The quantitative estimate of drug-likeness (QED) is 0.664. The highest BCUT2D eigenvalue weighted by atomic mass is 32.2. The predicted molar refractivity (Wildman–Crippen MR) is 108 cm³/mol. The van der Waals surface area contributed by atoms with E-state index in [9.17, 15) is 8.42 Å². The van der Waals surface area contributed by atoms with Crippen molar-refractivity contribution in [3.05, 3.63) is 48.5 Å². The van der Waals surface area contributed by atoms with E-state index in [2.05, 4.69) is 10.1 Å². The minimum absolute atomic E-state index is 0.0368. The number of methoxy groups -OCH3 is 1.